The number of amides is 1. The second kappa shape index (κ2) is 7.96. The minimum absolute atomic E-state index is 0.167. The zero-order valence-electron chi connectivity index (χ0n) is 18.1. The van der Waals surface area contributed by atoms with Gasteiger partial charge in [0.25, 0.3) is 5.91 Å². The van der Waals surface area contributed by atoms with E-state index in [2.05, 4.69) is 25.4 Å². The number of carbonyl (C=O) groups is 1. The number of rotatable bonds is 4. The number of pyridine rings is 1. The molecule has 1 aliphatic heterocycles. The van der Waals surface area contributed by atoms with Gasteiger partial charge in [-0.3, -0.25) is 14.8 Å². The van der Waals surface area contributed by atoms with Crippen molar-refractivity contribution in [2.45, 2.75) is 6.92 Å². The van der Waals surface area contributed by atoms with Crippen LogP contribution in [0, 0.1) is 6.92 Å². The number of ether oxygens (including phenoxy) is 2. The van der Waals surface area contributed by atoms with Crippen molar-refractivity contribution >= 4 is 22.6 Å². The molecule has 1 amide bonds. The van der Waals surface area contributed by atoms with Crippen molar-refractivity contribution in [1.82, 2.24) is 24.7 Å². The van der Waals surface area contributed by atoms with Gasteiger partial charge < -0.3 is 14.8 Å². The first-order valence-corrected chi connectivity index (χ1v) is 10.6. The number of carbonyl (C=O) groups excluding carboxylic acids is 1. The van der Waals surface area contributed by atoms with Crippen LogP contribution in [0.3, 0.4) is 0 Å². The Labute approximate surface area is 194 Å². The number of benzene rings is 2. The lowest BCUT2D eigenvalue weighted by Crippen LogP contribution is -2.13. The van der Waals surface area contributed by atoms with E-state index in [0.29, 0.717) is 28.7 Å². The minimum atomic E-state index is -0.355. The molecule has 2 aromatic carbocycles. The van der Waals surface area contributed by atoms with Crippen LogP contribution < -0.4 is 14.8 Å². The maximum Gasteiger partial charge on any atom is 0.276 e. The van der Waals surface area contributed by atoms with Crippen LogP contribution in [-0.2, 0) is 0 Å². The van der Waals surface area contributed by atoms with E-state index in [1.54, 1.807) is 41.3 Å². The SMILES string of the molecule is Cc1cccc(-n2nc(C(=O)Nc3ccc4c(c3)OCO4)cc2-c2ccc3nccnc3c2)n1. The summed E-state index contributed by atoms with van der Waals surface area (Å²) in [4.78, 5) is 26.5. The normalized spacial score (nSPS) is 12.1. The number of hydrogen-bond donors (Lipinski definition) is 1. The molecule has 1 N–H and O–H groups in total. The van der Waals surface area contributed by atoms with E-state index in [4.69, 9.17) is 9.47 Å². The van der Waals surface area contributed by atoms with Gasteiger partial charge in [0.2, 0.25) is 6.79 Å². The number of nitrogens with one attached hydrogen (secondary N) is 1. The summed E-state index contributed by atoms with van der Waals surface area (Å²) in [7, 11) is 0. The minimum Gasteiger partial charge on any atom is -0.454 e. The Morgan fingerprint density at radius 2 is 1.79 bits per heavy atom. The zero-order valence-corrected chi connectivity index (χ0v) is 18.1. The number of fused-ring (bicyclic) bond motifs is 2. The highest BCUT2D eigenvalue weighted by Gasteiger charge is 2.20. The molecule has 9 nitrogen and oxygen atoms in total. The molecule has 0 radical (unpaired) electrons. The van der Waals surface area contributed by atoms with Gasteiger partial charge in [0.05, 0.1) is 16.7 Å². The quantitative estimate of drug-likeness (QED) is 0.438. The van der Waals surface area contributed by atoms with E-state index in [0.717, 1.165) is 22.3 Å². The van der Waals surface area contributed by atoms with Gasteiger partial charge in [-0.1, -0.05) is 12.1 Å². The molecule has 0 aliphatic carbocycles. The van der Waals surface area contributed by atoms with Crippen LogP contribution in [0.4, 0.5) is 5.69 Å². The number of aromatic nitrogens is 5. The number of nitrogens with zero attached hydrogens (tertiary/aromatic N) is 5. The average Bonchev–Trinajstić information content (AvgIpc) is 3.51. The molecule has 0 bridgehead atoms. The highest BCUT2D eigenvalue weighted by molar-refractivity contribution is 6.03. The maximum absolute atomic E-state index is 13.1. The predicted molar refractivity (Wildman–Crippen MR) is 125 cm³/mol. The highest BCUT2D eigenvalue weighted by Crippen LogP contribution is 2.34. The Kier molecular flexibility index (Phi) is 4.65. The van der Waals surface area contributed by atoms with Gasteiger partial charge in [0, 0.05) is 35.4 Å². The van der Waals surface area contributed by atoms with E-state index in [1.165, 1.54) is 0 Å². The number of aryl methyl sites for hydroxylation is 1. The molecule has 0 fully saturated rings. The molecule has 1 aliphatic rings. The molecule has 5 aromatic rings. The van der Waals surface area contributed by atoms with Crippen molar-refractivity contribution in [3.63, 3.8) is 0 Å². The molecule has 4 heterocycles. The Morgan fingerprint density at radius 3 is 2.68 bits per heavy atom. The van der Waals surface area contributed by atoms with E-state index < -0.39 is 0 Å². The predicted octanol–water partition coefficient (Wildman–Crippen LogP) is 4.17. The largest absolute Gasteiger partial charge is 0.454 e. The summed E-state index contributed by atoms with van der Waals surface area (Å²) >= 11 is 0. The molecule has 3 aromatic heterocycles. The van der Waals surface area contributed by atoms with Crippen LogP contribution in [0.1, 0.15) is 16.2 Å². The molecule has 0 saturated heterocycles. The highest BCUT2D eigenvalue weighted by atomic mass is 16.7. The van der Waals surface area contributed by atoms with Gasteiger partial charge in [0.1, 0.15) is 0 Å². The van der Waals surface area contributed by atoms with E-state index in [1.807, 2.05) is 43.3 Å². The molecular weight excluding hydrogens is 432 g/mol. The number of anilines is 1. The number of hydrogen-bond acceptors (Lipinski definition) is 7. The fourth-order valence-electron chi connectivity index (χ4n) is 3.81. The van der Waals surface area contributed by atoms with Crippen LogP contribution in [0.2, 0.25) is 0 Å². The van der Waals surface area contributed by atoms with E-state index >= 15 is 0 Å². The third-order valence-electron chi connectivity index (χ3n) is 5.43. The van der Waals surface area contributed by atoms with Crippen molar-refractivity contribution < 1.29 is 14.3 Å². The molecule has 9 heteroatoms. The van der Waals surface area contributed by atoms with Crippen LogP contribution in [0.25, 0.3) is 28.1 Å². The second-order valence-electron chi connectivity index (χ2n) is 7.75. The molecule has 0 unspecified atom stereocenters. The summed E-state index contributed by atoms with van der Waals surface area (Å²) < 4.78 is 12.4. The fourth-order valence-corrected chi connectivity index (χ4v) is 3.81. The lowest BCUT2D eigenvalue weighted by molar-refractivity contribution is 0.102. The lowest BCUT2D eigenvalue weighted by Gasteiger charge is -2.08. The summed E-state index contributed by atoms with van der Waals surface area (Å²) in [5, 5.41) is 7.48. The van der Waals surface area contributed by atoms with Crippen LogP contribution in [0.5, 0.6) is 11.5 Å². The Morgan fingerprint density at radius 1 is 0.941 bits per heavy atom. The fraction of sp³-hybridized carbons (Fsp3) is 0.0800. The monoisotopic (exact) mass is 450 g/mol. The van der Waals surface area contributed by atoms with Crippen LogP contribution >= 0.6 is 0 Å². The van der Waals surface area contributed by atoms with Gasteiger partial charge in [0.15, 0.2) is 23.0 Å². The standard InChI is InChI=1S/C25H18N6O3/c1-15-3-2-4-24(28-15)31-21(16-5-7-18-19(11-16)27-10-9-26-18)13-20(30-31)25(32)29-17-6-8-22-23(12-17)34-14-33-22/h2-13H,14H2,1H3,(H,29,32). The molecule has 0 saturated carbocycles. The topological polar surface area (TPSA) is 104 Å². The molecule has 34 heavy (non-hydrogen) atoms. The van der Waals surface area contributed by atoms with Crippen molar-refractivity contribution in [3.05, 3.63) is 84.4 Å². The summed E-state index contributed by atoms with van der Waals surface area (Å²) in [6.07, 6.45) is 3.30. The van der Waals surface area contributed by atoms with Gasteiger partial charge >= 0.3 is 0 Å². The zero-order chi connectivity index (χ0) is 23.1. The third-order valence-corrected chi connectivity index (χ3v) is 5.43. The Hall–Kier alpha value is -4.79. The smallest absolute Gasteiger partial charge is 0.276 e. The van der Waals surface area contributed by atoms with Crippen molar-refractivity contribution in [1.29, 1.82) is 0 Å². The molecular formula is C25H18N6O3. The van der Waals surface area contributed by atoms with Gasteiger partial charge in [-0.05, 0) is 49.4 Å². The summed E-state index contributed by atoms with van der Waals surface area (Å²) in [5.74, 6) is 1.49. The Bertz CT molecular complexity index is 1560. The maximum atomic E-state index is 13.1. The first kappa shape index (κ1) is 19.9. The molecule has 0 atom stereocenters. The first-order chi connectivity index (χ1) is 16.6. The van der Waals surface area contributed by atoms with Gasteiger partial charge in [-0.2, -0.15) is 5.10 Å². The summed E-state index contributed by atoms with van der Waals surface area (Å²) in [6, 6.07) is 18.4. The van der Waals surface area contributed by atoms with E-state index in [-0.39, 0.29) is 18.4 Å². The Balaban J connectivity index is 1.41. The van der Waals surface area contributed by atoms with Crippen LogP contribution in [0.15, 0.2) is 73.1 Å². The molecule has 0 spiro atoms. The summed E-state index contributed by atoms with van der Waals surface area (Å²) in [6.45, 7) is 2.08. The van der Waals surface area contributed by atoms with Gasteiger partial charge in [-0.25, -0.2) is 9.67 Å². The second-order valence-corrected chi connectivity index (χ2v) is 7.75. The van der Waals surface area contributed by atoms with Crippen molar-refractivity contribution in [3.8, 4) is 28.6 Å². The summed E-state index contributed by atoms with van der Waals surface area (Å²) in [5.41, 5.74) is 4.75. The van der Waals surface area contributed by atoms with Gasteiger partial charge in [-0.15, -0.1) is 0 Å². The first-order valence-electron chi connectivity index (χ1n) is 10.6. The average molecular weight is 450 g/mol. The molecule has 6 rings (SSSR count). The molecule has 166 valence electrons. The third kappa shape index (κ3) is 3.58. The van der Waals surface area contributed by atoms with Crippen molar-refractivity contribution in [2.24, 2.45) is 0 Å². The lowest BCUT2D eigenvalue weighted by atomic mass is 10.1. The van der Waals surface area contributed by atoms with Crippen LogP contribution in [-0.4, -0.2) is 37.4 Å². The van der Waals surface area contributed by atoms with E-state index in [9.17, 15) is 4.79 Å². The van der Waals surface area contributed by atoms with Crippen molar-refractivity contribution in [2.75, 3.05) is 12.1 Å².